The number of hydrogen-bond acceptors (Lipinski definition) is 10. The number of hydrogen-bond donors (Lipinski definition) is 0. The SMILES string of the molecule is CS(=O)(=O)c1ccc(-n2ncc3c(OC4CCN(C(=O)C5=CCC(CN6CCOCC6)O5)CC4)ncnc32)cc1. The fourth-order valence-corrected chi connectivity index (χ4v) is 5.90. The standard InChI is InChI=1S/C27H32N6O6S/c1-40(35,36)22-5-2-19(3-6-22)33-25-23(16-30-33)26(29-18-28-25)39-20-8-10-32(11-9-20)27(34)24-7-4-21(38-24)17-31-12-14-37-15-13-31/h2-3,5-7,16,18,20-21H,4,8-15,17H2,1H3. The maximum absolute atomic E-state index is 13.1. The number of carbonyl (C=O) groups is 1. The summed E-state index contributed by atoms with van der Waals surface area (Å²) in [6, 6.07) is 6.46. The van der Waals surface area contributed by atoms with Crippen molar-refractivity contribution < 1.29 is 27.4 Å². The topological polar surface area (TPSA) is 129 Å². The zero-order valence-electron chi connectivity index (χ0n) is 22.3. The average molecular weight is 569 g/mol. The summed E-state index contributed by atoms with van der Waals surface area (Å²) >= 11 is 0. The van der Waals surface area contributed by atoms with E-state index in [1.54, 1.807) is 35.1 Å². The molecule has 40 heavy (non-hydrogen) atoms. The molecule has 6 rings (SSSR count). The zero-order valence-corrected chi connectivity index (χ0v) is 23.1. The molecule has 1 amide bonds. The lowest BCUT2D eigenvalue weighted by Gasteiger charge is -2.32. The summed E-state index contributed by atoms with van der Waals surface area (Å²) in [7, 11) is -3.29. The quantitative estimate of drug-likeness (QED) is 0.414. The van der Waals surface area contributed by atoms with E-state index < -0.39 is 9.84 Å². The van der Waals surface area contributed by atoms with Gasteiger partial charge in [0.15, 0.2) is 21.2 Å². The van der Waals surface area contributed by atoms with E-state index in [1.165, 1.54) is 12.6 Å². The fourth-order valence-electron chi connectivity index (χ4n) is 5.27. The van der Waals surface area contributed by atoms with E-state index in [-0.39, 0.29) is 23.0 Å². The van der Waals surface area contributed by atoms with E-state index in [1.807, 2.05) is 11.0 Å². The van der Waals surface area contributed by atoms with Gasteiger partial charge in [0.25, 0.3) is 5.91 Å². The lowest BCUT2D eigenvalue weighted by Crippen LogP contribution is -2.43. The number of likely N-dealkylation sites (tertiary alicyclic amines) is 1. The van der Waals surface area contributed by atoms with Crippen LogP contribution in [0.1, 0.15) is 19.3 Å². The first kappa shape index (κ1) is 26.7. The van der Waals surface area contributed by atoms with Gasteiger partial charge < -0.3 is 19.1 Å². The van der Waals surface area contributed by atoms with Crippen molar-refractivity contribution in [1.82, 2.24) is 29.5 Å². The monoisotopic (exact) mass is 568 g/mol. The number of amides is 1. The molecule has 1 unspecified atom stereocenters. The molecular formula is C27H32N6O6S. The molecule has 3 aromatic rings. The third kappa shape index (κ3) is 5.67. The molecule has 5 heterocycles. The Hall–Kier alpha value is -3.55. The summed E-state index contributed by atoms with van der Waals surface area (Å²) in [5.74, 6) is 0.823. The van der Waals surface area contributed by atoms with Gasteiger partial charge in [-0.15, -0.1) is 0 Å². The Labute approximate surface area is 232 Å². The number of aromatic nitrogens is 4. The van der Waals surface area contributed by atoms with Crippen LogP contribution in [0.25, 0.3) is 16.7 Å². The number of fused-ring (bicyclic) bond motifs is 1. The predicted octanol–water partition coefficient (Wildman–Crippen LogP) is 1.59. The molecule has 3 aliphatic rings. The Morgan fingerprint density at radius 3 is 2.55 bits per heavy atom. The molecule has 12 nitrogen and oxygen atoms in total. The van der Waals surface area contributed by atoms with Crippen molar-refractivity contribution in [3.05, 3.63) is 48.6 Å². The van der Waals surface area contributed by atoms with E-state index in [4.69, 9.17) is 14.2 Å². The van der Waals surface area contributed by atoms with Gasteiger partial charge in [-0.2, -0.15) is 5.10 Å². The van der Waals surface area contributed by atoms with Crippen LogP contribution in [0.5, 0.6) is 5.88 Å². The van der Waals surface area contributed by atoms with Crippen molar-refractivity contribution in [3.63, 3.8) is 0 Å². The van der Waals surface area contributed by atoms with E-state index in [9.17, 15) is 13.2 Å². The maximum atomic E-state index is 13.1. The number of benzene rings is 1. The molecule has 0 radical (unpaired) electrons. The molecule has 1 atom stereocenters. The van der Waals surface area contributed by atoms with Gasteiger partial charge >= 0.3 is 0 Å². The van der Waals surface area contributed by atoms with Crippen molar-refractivity contribution in [2.24, 2.45) is 0 Å². The fraction of sp³-hybridized carbons (Fsp3) is 0.481. The Balaban J connectivity index is 1.05. The van der Waals surface area contributed by atoms with Crippen LogP contribution in [0, 0.1) is 0 Å². The van der Waals surface area contributed by atoms with Gasteiger partial charge in [-0.3, -0.25) is 9.69 Å². The first-order chi connectivity index (χ1) is 19.3. The average Bonchev–Trinajstić information content (AvgIpc) is 3.61. The molecule has 2 saturated heterocycles. The highest BCUT2D eigenvalue weighted by Gasteiger charge is 2.31. The minimum Gasteiger partial charge on any atom is -0.483 e. The molecule has 212 valence electrons. The van der Waals surface area contributed by atoms with Crippen LogP contribution in [-0.4, -0.2) is 108 Å². The largest absolute Gasteiger partial charge is 0.483 e. The second-order valence-electron chi connectivity index (χ2n) is 10.3. The maximum Gasteiger partial charge on any atom is 0.288 e. The van der Waals surface area contributed by atoms with Gasteiger partial charge in [-0.1, -0.05) is 0 Å². The summed E-state index contributed by atoms with van der Waals surface area (Å²) in [6.45, 7) is 5.22. The summed E-state index contributed by atoms with van der Waals surface area (Å²) in [4.78, 5) is 26.2. The first-order valence-corrected chi connectivity index (χ1v) is 15.4. The van der Waals surface area contributed by atoms with Crippen LogP contribution >= 0.6 is 0 Å². The number of rotatable bonds is 7. The summed E-state index contributed by atoms with van der Waals surface area (Å²) in [5.41, 5.74) is 1.23. The van der Waals surface area contributed by atoms with E-state index in [0.717, 1.165) is 39.3 Å². The lowest BCUT2D eigenvalue weighted by molar-refractivity contribution is -0.133. The number of nitrogens with zero attached hydrogens (tertiary/aromatic N) is 6. The molecule has 0 saturated carbocycles. The van der Waals surface area contributed by atoms with Crippen LogP contribution in [-0.2, 0) is 24.1 Å². The number of carbonyl (C=O) groups excluding carboxylic acids is 1. The third-order valence-corrected chi connectivity index (χ3v) is 8.61. The molecule has 0 aliphatic carbocycles. The minimum absolute atomic E-state index is 0.0108. The number of ether oxygens (including phenoxy) is 3. The van der Waals surface area contributed by atoms with E-state index in [2.05, 4.69) is 20.0 Å². The second-order valence-corrected chi connectivity index (χ2v) is 12.3. The van der Waals surface area contributed by atoms with Crippen LogP contribution < -0.4 is 4.74 Å². The number of piperidine rings is 1. The smallest absolute Gasteiger partial charge is 0.288 e. The zero-order chi connectivity index (χ0) is 27.7. The molecule has 2 aromatic heterocycles. The van der Waals surface area contributed by atoms with E-state index >= 15 is 0 Å². The van der Waals surface area contributed by atoms with Crippen molar-refractivity contribution in [3.8, 4) is 11.6 Å². The number of morpholine rings is 1. The molecule has 13 heteroatoms. The van der Waals surface area contributed by atoms with Crippen molar-refractivity contribution in [1.29, 1.82) is 0 Å². The third-order valence-electron chi connectivity index (χ3n) is 7.48. The number of sulfone groups is 1. The van der Waals surface area contributed by atoms with Crippen molar-refractivity contribution in [2.75, 3.05) is 52.2 Å². The van der Waals surface area contributed by atoms with Gasteiger partial charge in [0.05, 0.1) is 30.0 Å². The normalized spacial score (nSPS) is 20.9. The van der Waals surface area contributed by atoms with Crippen LogP contribution in [0.3, 0.4) is 0 Å². The second kappa shape index (κ2) is 11.1. The Kier molecular flexibility index (Phi) is 7.43. The van der Waals surface area contributed by atoms with Gasteiger partial charge in [-0.25, -0.2) is 23.1 Å². The summed E-state index contributed by atoms with van der Waals surface area (Å²) < 4.78 is 42.9. The van der Waals surface area contributed by atoms with Crippen LogP contribution in [0.4, 0.5) is 0 Å². The molecule has 0 N–H and O–H groups in total. The lowest BCUT2D eigenvalue weighted by atomic mass is 10.1. The summed E-state index contributed by atoms with van der Waals surface area (Å²) in [6.07, 6.45) is 8.15. The highest BCUT2D eigenvalue weighted by molar-refractivity contribution is 7.90. The molecular weight excluding hydrogens is 536 g/mol. The van der Waals surface area contributed by atoms with E-state index in [0.29, 0.717) is 54.3 Å². The first-order valence-electron chi connectivity index (χ1n) is 13.5. The Bertz CT molecular complexity index is 1510. The van der Waals surface area contributed by atoms with Gasteiger partial charge in [0.1, 0.15) is 23.9 Å². The predicted molar refractivity (Wildman–Crippen MR) is 145 cm³/mol. The van der Waals surface area contributed by atoms with Crippen molar-refractivity contribution >= 4 is 26.8 Å². The molecule has 0 spiro atoms. The van der Waals surface area contributed by atoms with Crippen molar-refractivity contribution in [2.45, 2.75) is 36.4 Å². The molecule has 1 aromatic carbocycles. The van der Waals surface area contributed by atoms with Crippen LogP contribution in [0.2, 0.25) is 0 Å². The summed E-state index contributed by atoms with van der Waals surface area (Å²) in [5, 5.41) is 5.09. The highest BCUT2D eigenvalue weighted by Crippen LogP contribution is 2.28. The van der Waals surface area contributed by atoms with Crippen LogP contribution in [0.15, 0.2) is 53.5 Å². The van der Waals surface area contributed by atoms with Gasteiger partial charge in [0, 0.05) is 58.2 Å². The highest BCUT2D eigenvalue weighted by atomic mass is 32.2. The molecule has 3 aliphatic heterocycles. The Morgan fingerprint density at radius 1 is 1.07 bits per heavy atom. The van der Waals surface area contributed by atoms with Gasteiger partial charge in [0.2, 0.25) is 5.88 Å². The van der Waals surface area contributed by atoms with Gasteiger partial charge in [-0.05, 0) is 30.3 Å². The minimum atomic E-state index is -3.29. The molecule has 2 fully saturated rings. The Morgan fingerprint density at radius 2 is 1.82 bits per heavy atom. The molecule has 0 bridgehead atoms.